The predicted molar refractivity (Wildman–Crippen MR) is 50.9 cm³/mol. The zero-order valence-corrected chi connectivity index (χ0v) is 8.24. The Kier molecular flexibility index (Phi) is 3.55. The first kappa shape index (κ1) is 9.54. The van der Waals surface area contributed by atoms with E-state index in [1.807, 2.05) is 6.92 Å². The molecule has 1 aromatic heterocycles. The molecule has 1 rings (SSSR count). The summed E-state index contributed by atoms with van der Waals surface area (Å²) in [6, 6.07) is 0. The van der Waals surface area contributed by atoms with Gasteiger partial charge in [-0.05, 0) is 5.75 Å². The number of carboxylic acids is 1. The van der Waals surface area contributed by atoms with Gasteiger partial charge in [0.15, 0.2) is 0 Å². The Morgan fingerprint density at radius 2 is 2.58 bits per heavy atom. The van der Waals surface area contributed by atoms with E-state index in [0.29, 0.717) is 16.3 Å². The zero-order chi connectivity index (χ0) is 8.97. The molecule has 0 unspecified atom stereocenters. The molecule has 0 aliphatic carbocycles. The van der Waals surface area contributed by atoms with Gasteiger partial charge in [0.25, 0.3) is 0 Å². The number of carboxylic acid groups (broad SMARTS) is 1. The van der Waals surface area contributed by atoms with Gasteiger partial charge in [0.2, 0.25) is 0 Å². The SMILES string of the molecule is CCSCc1ncsc1C(=O)O. The Morgan fingerprint density at radius 1 is 1.83 bits per heavy atom. The van der Waals surface area contributed by atoms with Gasteiger partial charge in [-0.15, -0.1) is 11.3 Å². The highest BCUT2D eigenvalue weighted by Gasteiger charge is 2.12. The van der Waals surface area contributed by atoms with E-state index in [1.54, 1.807) is 17.3 Å². The molecule has 0 atom stereocenters. The molecule has 0 bridgehead atoms. The number of thiazole rings is 1. The Bertz CT molecular complexity index is 272. The highest BCUT2D eigenvalue weighted by molar-refractivity contribution is 7.98. The summed E-state index contributed by atoms with van der Waals surface area (Å²) in [6.07, 6.45) is 0. The van der Waals surface area contributed by atoms with Crippen molar-refractivity contribution in [3.63, 3.8) is 0 Å². The second kappa shape index (κ2) is 4.47. The standard InChI is InChI=1S/C7H9NO2S2/c1-2-11-3-5-6(7(9)10)12-4-8-5/h4H,2-3H2,1H3,(H,9,10). The average Bonchev–Trinajstić information content (AvgIpc) is 2.48. The third-order valence-electron chi connectivity index (χ3n) is 1.28. The van der Waals surface area contributed by atoms with Gasteiger partial charge in [0.1, 0.15) is 4.88 Å². The minimum Gasteiger partial charge on any atom is -0.477 e. The fraction of sp³-hybridized carbons (Fsp3) is 0.429. The summed E-state index contributed by atoms with van der Waals surface area (Å²) in [6.45, 7) is 2.04. The zero-order valence-electron chi connectivity index (χ0n) is 6.61. The largest absolute Gasteiger partial charge is 0.477 e. The summed E-state index contributed by atoms with van der Waals surface area (Å²) in [4.78, 5) is 15.0. The number of carbonyl (C=O) groups is 1. The van der Waals surface area contributed by atoms with Gasteiger partial charge in [-0.25, -0.2) is 9.78 Å². The highest BCUT2D eigenvalue weighted by Crippen LogP contribution is 2.18. The maximum absolute atomic E-state index is 10.6. The van der Waals surface area contributed by atoms with E-state index in [9.17, 15) is 4.79 Å². The van der Waals surface area contributed by atoms with E-state index >= 15 is 0 Å². The van der Waals surface area contributed by atoms with Gasteiger partial charge in [-0.2, -0.15) is 11.8 Å². The highest BCUT2D eigenvalue weighted by atomic mass is 32.2. The third-order valence-corrected chi connectivity index (χ3v) is 3.02. The Balaban J connectivity index is 2.70. The lowest BCUT2D eigenvalue weighted by molar-refractivity contribution is 0.0701. The first-order chi connectivity index (χ1) is 5.75. The van der Waals surface area contributed by atoms with Gasteiger partial charge in [0, 0.05) is 5.75 Å². The van der Waals surface area contributed by atoms with E-state index in [0.717, 1.165) is 5.75 Å². The molecule has 0 amide bonds. The third kappa shape index (κ3) is 2.22. The van der Waals surface area contributed by atoms with E-state index in [-0.39, 0.29) is 0 Å². The van der Waals surface area contributed by atoms with Gasteiger partial charge in [-0.3, -0.25) is 0 Å². The lowest BCUT2D eigenvalue weighted by atomic mass is 10.4. The van der Waals surface area contributed by atoms with Crippen LogP contribution in [0.15, 0.2) is 5.51 Å². The van der Waals surface area contributed by atoms with Crippen LogP contribution in [0.1, 0.15) is 22.3 Å². The van der Waals surface area contributed by atoms with Crippen molar-refractivity contribution in [2.24, 2.45) is 0 Å². The van der Waals surface area contributed by atoms with Crippen LogP contribution in [-0.4, -0.2) is 21.8 Å². The lowest BCUT2D eigenvalue weighted by Crippen LogP contribution is -1.97. The van der Waals surface area contributed by atoms with Crippen LogP contribution in [0.5, 0.6) is 0 Å². The number of thioether (sulfide) groups is 1. The molecule has 1 aromatic rings. The van der Waals surface area contributed by atoms with Crippen molar-refractivity contribution in [2.45, 2.75) is 12.7 Å². The molecule has 0 aliphatic rings. The van der Waals surface area contributed by atoms with E-state index in [4.69, 9.17) is 5.11 Å². The summed E-state index contributed by atoms with van der Waals surface area (Å²) in [5, 5.41) is 8.72. The fourth-order valence-corrected chi connectivity index (χ4v) is 2.10. The second-order valence-corrected chi connectivity index (χ2v) is 4.20. The number of hydrogen-bond donors (Lipinski definition) is 1. The molecule has 0 saturated heterocycles. The predicted octanol–water partition coefficient (Wildman–Crippen LogP) is 2.09. The number of hydrogen-bond acceptors (Lipinski definition) is 4. The van der Waals surface area contributed by atoms with E-state index in [1.165, 1.54) is 11.3 Å². The van der Waals surface area contributed by atoms with Gasteiger partial charge in [0.05, 0.1) is 11.2 Å². The van der Waals surface area contributed by atoms with Crippen LogP contribution in [0.3, 0.4) is 0 Å². The minimum atomic E-state index is -0.871. The minimum absolute atomic E-state index is 0.371. The number of rotatable bonds is 4. The Morgan fingerprint density at radius 3 is 3.17 bits per heavy atom. The summed E-state index contributed by atoms with van der Waals surface area (Å²) in [5.41, 5.74) is 2.27. The number of aromatic nitrogens is 1. The summed E-state index contributed by atoms with van der Waals surface area (Å²) in [5.74, 6) is 0.808. The molecular weight excluding hydrogens is 194 g/mol. The molecule has 0 saturated carbocycles. The molecule has 1 N–H and O–H groups in total. The molecule has 0 fully saturated rings. The van der Waals surface area contributed by atoms with Crippen LogP contribution in [0.2, 0.25) is 0 Å². The maximum atomic E-state index is 10.6. The van der Waals surface area contributed by atoms with Crippen molar-refractivity contribution in [3.8, 4) is 0 Å². The molecular formula is C7H9NO2S2. The van der Waals surface area contributed by atoms with Crippen molar-refractivity contribution in [3.05, 3.63) is 16.1 Å². The normalized spacial score (nSPS) is 10.1. The molecule has 0 spiro atoms. The molecule has 5 heteroatoms. The molecule has 1 heterocycles. The van der Waals surface area contributed by atoms with Crippen molar-refractivity contribution < 1.29 is 9.90 Å². The van der Waals surface area contributed by atoms with Gasteiger partial charge < -0.3 is 5.11 Å². The molecule has 12 heavy (non-hydrogen) atoms. The molecule has 0 aromatic carbocycles. The number of nitrogens with zero attached hydrogens (tertiary/aromatic N) is 1. The van der Waals surface area contributed by atoms with Crippen molar-refractivity contribution in [1.82, 2.24) is 4.98 Å². The molecule has 66 valence electrons. The first-order valence-electron chi connectivity index (χ1n) is 3.49. The van der Waals surface area contributed by atoms with Crippen LogP contribution in [-0.2, 0) is 5.75 Å². The lowest BCUT2D eigenvalue weighted by Gasteiger charge is -1.95. The fourth-order valence-electron chi connectivity index (χ4n) is 0.745. The van der Waals surface area contributed by atoms with Gasteiger partial charge in [-0.1, -0.05) is 6.92 Å². The topological polar surface area (TPSA) is 50.2 Å². The van der Waals surface area contributed by atoms with Crippen molar-refractivity contribution in [2.75, 3.05) is 5.75 Å². The summed E-state index contributed by atoms with van der Waals surface area (Å²) >= 11 is 2.86. The van der Waals surface area contributed by atoms with E-state index < -0.39 is 5.97 Å². The second-order valence-electron chi connectivity index (χ2n) is 2.07. The maximum Gasteiger partial charge on any atom is 0.347 e. The van der Waals surface area contributed by atoms with E-state index in [2.05, 4.69) is 4.98 Å². The summed E-state index contributed by atoms with van der Waals surface area (Å²) < 4.78 is 0. The smallest absolute Gasteiger partial charge is 0.347 e. The summed E-state index contributed by atoms with van der Waals surface area (Å²) in [7, 11) is 0. The average molecular weight is 203 g/mol. The molecule has 0 aliphatic heterocycles. The van der Waals surface area contributed by atoms with Crippen molar-refractivity contribution in [1.29, 1.82) is 0 Å². The Hall–Kier alpha value is -0.550. The molecule has 3 nitrogen and oxygen atoms in total. The number of aromatic carboxylic acids is 1. The van der Waals surface area contributed by atoms with Crippen LogP contribution in [0.4, 0.5) is 0 Å². The van der Waals surface area contributed by atoms with Crippen LogP contribution in [0, 0.1) is 0 Å². The van der Waals surface area contributed by atoms with Crippen LogP contribution >= 0.6 is 23.1 Å². The monoisotopic (exact) mass is 203 g/mol. The first-order valence-corrected chi connectivity index (χ1v) is 5.52. The molecule has 0 radical (unpaired) electrons. The Labute approximate surface area is 78.8 Å². The van der Waals surface area contributed by atoms with Gasteiger partial charge >= 0.3 is 5.97 Å². The van der Waals surface area contributed by atoms with Crippen molar-refractivity contribution >= 4 is 29.1 Å². The quantitative estimate of drug-likeness (QED) is 0.814. The van der Waals surface area contributed by atoms with Crippen LogP contribution < -0.4 is 0 Å². The van der Waals surface area contributed by atoms with Crippen LogP contribution in [0.25, 0.3) is 0 Å².